The molecule has 90 valence electrons. The van der Waals surface area contributed by atoms with Crippen molar-refractivity contribution >= 4 is 33.4 Å². The van der Waals surface area contributed by atoms with Crippen LogP contribution in [0, 0.1) is 5.82 Å². The summed E-state index contributed by atoms with van der Waals surface area (Å²) in [5.41, 5.74) is 0.465. The number of rotatable bonds is 1. The van der Waals surface area contributed by atoms with Crippen LogP contribution in [0.5, 0.6) is 0 Å². The summed E-state index contributed by atoms with van der Waals surface area (Å²) in [5.74, 6) is -0.838. The van der Waals surface area contributed by atoms with Gasteiger partial charge in [-0.25, -0.2) is 4.39 Å². The fourth-order valence-corrected chi connectivity index (χ4v) is 1.87. The van der Waals surface area contributed by atoms with Gasteiger partial charge in [-0.05, 0) is 34.1 Å². The maximum Gasteiger partial charge on any atom is 0.246 e. The zero-order valence-electron chi connectivity index (χ0n) is 8.87. The van der Waals surface area contributed by atoms with Gasteiger partial charge in [0.25, 0.3) is 0 Å². The number of amides is 2. The molecule has 1 N–H and O–H groups in total. The number of benzene rings is 1. The van der Waals surface area contributed by atoms with Gasteiger partial charge in [-0.1, -0.05) is 0 Å². The van der Waals surface area contributed by atoms with Crippen LogP contribution in [0.3, 0.4) is 0 Å². The standard InChI is InChI=1S/C11H10BrFN2O2/c12-8-2-1-7(5-9(8)13)15-4-3-10(16)14-6-11(15)17/h1-2,5H,3-4,6H2,(H,14,16). The van der Waals surface area contributed by atoms with Crippen molar-refractivity contribution in [3.05, 3.63) is 28.5 Å². The number of nitrogens with one attached hydrogen (secondary N) is 1. The van der Waals surface area contributed by atoms with E-state index in [0.717, 1.165) is 0 Å². The van der Waals surface area contributed by atoms with Crippen molar-refractivity contribution in [3.8, 4) is 0 Å². The second kappa shape index (κ2) is 4.83. The molecule has 2 amide bonds. The van der Waals surface area contributed by atoms with Crippen molar-refractivity contribution in [1.29, 1.82) is 0 Å². The van der Waals surface area contributed by atoms with Crippen molar-refractivity contribution in [3.63, 3.8) is 0 Å². The summed E-state index contributed by atoms with van der Waals surface area (Å²) in [6.45, 7) is 0.224. The van der Waals surface area contributed by atoms with Crippen LogP contribution in [-0.2, 0) is 9.59 Å². The van der Waals surface area contributed by atoms with Crippen molar-refractivity contribution in [2.75, 3.05) is 18.0 Å². The molecule has 1 aromatic carbocycles. The van der Waals surface area contributed by atoms with E-state index in [2.05, 4.69) is 21.2 Å². The molecular weight excluding hydrogens is 291 g/mol. The van der Waals surface area contributed by atoms with Gasteiger partial charge in [0.05, 0.1) is 11.0 Å². The number of carbonyl (C=O) groups excluding carboxylic acids is 2. The van der Waals surface area contributed by atoms with Gasteiger partial charge in [0.1, 0.15) is 5.82 Å². The zero-order chi connectivity index (χ0) is 12.4. The fourth-order valence-electron chi connectivity index (χ4n) is 1.62. The third kappa shape index (κ3) is 2.63. The van der Waals surface area contributed by atoms with E-state index in [1.807, 2.05) is 0 Å². The quantitative estimate of drug-likeness (QED) is 0.853. The zero-order valence-corrected chi connectivity index (χ0v) is 10.5. The Morgan fingerprint density at radius 1 is 1.35 bits per heavy atom. The van der Waals surface area contributed by atoms with E-state index >= 15 is 0 Å². The van der Waals surface area contributed by atoms with E-state index in [9.17, 15) is 14.0 Å². The molecule has 1 aliphatic rings. The van der Waals surface area contributed by atoms with Crippen LogP contribution >= 0.6 is 15.9 Å². The fraction of sp³-hybridized carbons (Fsp3) is 0.273. The maximum atomic E-state index is 13.4. The molecule has 0 atom stereocenters. The van der Waals surface area contributed by atoms with Crippen LogP contribution in [0.4, 0.5) is 10.1 Å². The molecule has 17 heavy (non-hydrogen) atoms. The maximum absolute atomic E-state index is 13.4. The number of anilines is 1. The molecular formula is C11H10BrFN2O2. The average molecular weight is 301 g/mol. The summed E-state index contributed by atoms with van der Waals surface area (Å²) >= 11 is 3.05. The van der Waals surface area contributed by atoms with Gasteiger partial charge >= 0.3 is 0 Å². The van der Waals surface area contributed by atoms with Gasteiger partial charge in [-0.15, -0.1) is 0 Å². The Bertz CT molecular complexity index is 479. The minimum atomic E-state index is -0.432. The van der Waals surface area contributed by atoms with Crippen molar-refractivity contribution in [2.45, 2.75) is 6.42 Å². The average Bonchev–Trinajstić information content (AvgIpc) is 2.46. The molecule has 4 nitrogen and oxygen atoms in total. The minimum Gasteiger partial charge on any atom is -0.347 e. The van der Waals surface area contributed by atoms with E-state index in [4.69, 9.17) is 0 Å². The number of carbonyl (C=O) groups is 2. The molecule has 6 heteroatoms. The lowest BCUT2D eigenvalue weighted by molar-refractivity contribution is -0.123. The van der Waals surface area contributed by atoms with E-state index in [1.165, 1.54) is 17.0 Å². The number of hydrogen-bond donors (Lipinski definition) is 1. The van der Waals surface area contributed by atoms with Gasteiger partial charge in [0.15, 0.2) is 0 Å². The lowest BCUT2D eigenvalue weighted by Gasteiger charge is -2.19. The van der Waals surface area contributed by atoms with E-state index in [0.29, 0.717) is 10.2 Å². The SMILES string of the molecule is O=C1CCN(c2ccc(Br)c(F)c2)C(=O)CN1. The summed E-state index contributed by atoms with van der Waals surface area (Å²) in [6.07, 6.45) is 0.226. The van der Waals surface area contributed by atoms with Gasteiger partial charge in [-0.2, -0.15) is 0 Å². The molecule has 2 rings (SSSR count). The largest absolute Gasteiger partial charge is 0.347 e. The highest BCUT2D eigenvalue weighted by Gasteiger charge is 2.21. The van der Waals surface area contributed by atoms with Crippen LogP contribution in [0.25, 0.3) is 0 Å². The highest BCUT2D eigenvalue weighted by molar-refractivity contribution is 9.10. The van der Waals surface area contributed by atoms with E-state index in [1.54, 1.807) is 6.07 Å². The third-order valence-corrected chi connectivity index (χ3v) is 3.16. The summed E-state index contributed by atoms with van der Waals surface area (Å²) in [4.78, 5) is 24.3. The lowest BCUT2D eigenvalue weighted by Crippen LogP contribution is -2.35. The topological polar surface area (TPSA) is 49.4 Å². The Kier molecular flexibility index (Phi) is 3.42. The number of nitrogens with zero attached hydrogens (tertiary/aromatic N) is 1. The molecule has 0 spiro atoms. The molecule has 1 heterocycles. The molecule has 0 aliphatic carbocycles. The molecule has 1 aliphatic heterocycles. The molecule has 1 aromatic rings. The normalized spacial score (nSPS) is 16.7. The van der Waals surface area contributed by atoms with Crippen LogP contribution < -0.4 is 10.2 Å². The van der Waals surface area contributed by atoms with E-state index < -0.39 is 5.82 Å². The van der Waals surface area contributed by atoms with E-state index in [-0.39, 0.29) is 31.3 Å². The third-order valence-electron chi connectivity index (χ3n) is 2.52. The smallest absolute Gasteiger partial charge is 0.246 e. The predicted molar refractivity (Wildman–Crippen MR) is 64.1 cm³/mol. The van der Waals surface area contributed by atoms with Gasteiger partial charge < -0.3 is 10.2 Å². The summed E-state index contributed by atoms with van der Waals surface area (Å²) in [7, 11) is 0. The van der Waals surface area contributed by atoms with Gasteiger partial charge in [-0.3, -0.25) is 9.59 Å². The predicted octanol–water partition coefficient (Wildman–Crippen LogP) is 1.44. The lowest BCUT2D eigenvalue weighted by atomic mass is 10.2. The molecule has 1 saturated heterocycles. The van der Waals surface area contributed by atoms with Crippen molar-refractivity contribution < 1.29 is 14.0 Å². The van der Waals surface area contributed by atoms with Crippen molar-refractivity contribution in [2.24, 2.45) is 0 Å². The van der Waals surface area contributed by atoms with Crippen LogP contribution in [0.15, 0.2) is 22.7 Å². The van der Waals surface area contributed by atoms with Crippen LogP contribution in [0.1, 0.15) is 6.42 Å². The molecule has 0 bridgehead atoms. The molecule has 0 radical (unpaired) electrons. The summed E-state index contributed by atoms with van der Waals surface area (Å²) in [5, 5.41) is 2.49. The van der Waals surface area contributed by atoms with Crippen LogP contribution in [-0.4, -0.2) is 24.9 Å². The Morgan fingerprint density at radius 2 is 2.12 bits per heavy atom. The number of hydrogen-bond acceptors (Lipinski definition) is 2. The summed E-state index contributed by atoms with van der Waals surface area (Å²) in [6, 6.07) is 4.46. The highest BCUT2D eigenvalue weighted by atomic mass is 79.9. The first-order chi connectivity index (χ1) is 8.08. The highest BCUT2D eigenvalue weighted by Crippen LogP contribution is 2.23. The summed E-state index contributed by atoms with van der Waals surface area (Å²) < 4.78 is 13.7. The second-order valence-electron chi connectivity index (χ2n) is 3.67. The molecule has 0 aromatic heterocycles. The molecule has 0 saturated carbocycles. The minimum absolute atomic E-state index is 0.0451. The first-order valence-corrected chi connectivity index (χ1v) is 5.89. The molecule has 1 fully saturated rings. The first-order valence-electron chi connectivity index (χ1n) is 5.10. The van der Waals surface area contributed by atoms with Gasteiger partial charge in [0, 0.05) is 18.7 Å². The number of halogens is 2. The molecule has 0 unspecified atom stereocenters. The van der Waals surface area contributed by atoms with Crippen molar-refractivity contribution in [1.82, 2.24) is 5.32 Å². The Labute approximate surface area is 106 Å². The Hall–Kier alpha value is -1.43. The first kappa shape index (κ1) is 12.0. The van der Waals surface area contributed by atoms with Gasteiger partial charge in [0.2, 0.25) is 11.8 Å². The Balaban J connectivity index is 2.28. The monoisotopic (exact) mass is 300 g/mol. The van der Waals surface area contributed by atoms with Crippen LogP contribution in [0.2, 0.25) is 0 Å². The second-order valence-corrected chi connectivity index (χ2v) is 4.52. The Morgan fingerprint density at radius 3 is 2.82 bits per heavy atom.